The Labute approximate surface area is 97.3 Å². The maximum absolute atomic E-state index is 11.9. The lowest BCUT2D eigenvalue weighted by Gasteiger charge is -2.27. The average Bonchev–Trinajstić information content (AvgIpc) is 2.77. The number of Topliss-reactive ketones (excluding diaryl/α,β-unsaturated/α-hetero) is 1. The number of carbonyl (C=O) groups is 1. The summed E-state index contributed by atoms with van der Waals surface area (Å²) in [6, 6.07) is 8.45. The molecule has 1 aliphatic heterocycles. The second-order valence-corrected chi connectivity index (χ2v) is 4.46. The monoisotopic (exact) mass is 217 g/mol. The van der Waals surface area contributed by atoms with Gasteiger partial charge in [0.15, 0.2) is 5.78 Å². The molecule has 0 spiro atoms. The first-order valence-electron chi connectivity index (χ1n) is 6.09. The molecule has 1 unspecified atom stereocenters. The molecule has 1 aliphatic rings. The van der Waals surface area contributed by atoms with Gasteiger partial charge < -0.3 is 4.90 Å². The van der Waals surface area contributed by atoms with Crippen molar-refractivity contribution in [2.75, 3.05) is 11.4 Å². The van der Waals surface area contributed by atoms with Gasteiger partial charge in [0.25, 0.3) is 0 Å². The van der Waals surface area contributed by atoms with E-state index >= 15 is 0 Å². The molecule has 16 heavy (non-hydrogen) atoms. The smallest absolute Gasteiger partial charge is 0.154 e. The molecular weight excluding hydrogens is 198 g/mol. The van der Waals surface area contributed by atoms with E-state index in [1.54, 1.807) is 0 Å². The van der Waals surface area contributed by atoms with Crippen molar-refractivity contribution >= 4 is 11.5 Å². The Kier molecular flexibility index (Phi) is 3.28. The van der Waals surface area contributed by atoms with Crippen LogP contribution in [0.1, 0.15) is 31.7 Å². The lowest BCUT2D eigenvalue weighted by molar-refractivity contribution is -0.119. The SMILES string of the molecule is CCC(=O)C1CCCN1c1ccccc1C. The fourth-order valence-corrected chi connectivity index (χ4v) is 2.51. The molecule has 0 amide bonds. The summed E-state index contributed by atoms with van der Waals surface area (Å²) in [7, 11) is 0. The first kappa shape index (κ1) is 11.2. The van der Waals surface area contributed by atoms with Gasteiger partial charge in [-0.2, -0.15) is 0 Å². The zero-order chi connectivity index (χ0) is 11.5. The van der Waals surface area contributed by atoms with E-state index in [-0.39, 0.29) is 6.04 Å². The van der Waals surface area contributed by atoms with Gasteiger partial charge in [-0.05, 0) is 31.4 Å². The van der Waals surface area contributed by atoms with Crippen LogP contribution < -0.4 is 4.90 Å². The van der Waals surface area contributed by atoms with Gasteiger partial charge >= 0.3 is 0 Å². The molecule has 0 bridgehead atoms. The highest BCUT2D eigenvalue weighted by molar-refractivity contribution is 5.87. The van der Waals surface area contributed by atoms with Crippen LogP contribution in [0.3, 0.4) is 0 Å². The summed E-state index contributed by atoms with van der Waals surface area (Å²) in [5.74, 6) is 0.376. The molecule has 0 saturated carbocycles. The summed E-state index contributed by atoms with van der Waals surface area (Å²) in [6.07, 6.45) is 2.79. The molecule has 1 saturated heterocycles. The minimum absolute atomic E-state index is 0.117. The van der Waals surface area contributed by atoms with E-state index < -0.39 is 0 Å². The topological polar surface area (TPSA) is 20.3 Å². The number of benzene rings is 1. The molecule has 0 N–H and O–H groups in total. The van der Waals surface area contributed by atoms with Crippen molar-refractivity contribution < 1.29 is 4.79 Å². The van der Waals surface area contributed by atoms with E-state index in [0.717, 1.165) is 19.4 Å². The van der Waals surface area contributed by atoms with Crippen LogP contribution in [0.25, 0.3) is 0 Å². The van der Waals surface area contributed by atoms with Gasteiger partial charge in [-0.3, -0.25) is 4.79 Å². The highest BCUT2D eigenvalue weighted by atomic mass is 16.1. The lowest BCUT2D eigenvalue weighted by Crippen LogP contribution is -2.36. The van der Waals surface area contributed by atoms with Crippen molar-refractivity contribution in [3.8, 4) is 0 Å². The fraction of sp³-hybridized carbons (Fsp3) is 0.500. The van der Waals surface area contributed by atoms with E-state index in [1.807, 2.05) is 19.1 Å². The van der Waals surface area contributed by atoms with Crippen LogP contribution in [0.5, 0.6) is 0 Å². The zero-order valence-corrected chi connectivity index (χ0v) is 10.1. The van der Waals surface area contributed by atoms with Crippen molar-refractivity contribution in [2.45, 2.75) is 39.2 Å². The van der Waals surface area contributed by atoms with Crippen molar-refractivity contribution in [1.29, 1.82) is 0 Å². The Morgan fingerprint density at radius 3 is 2.88 bits per heavy atom. The molecule has 86 valence electrons. The first-order valence-corrected chi connectivity index (χ1v) is 6.09. The molecule has 0 aromatic heterocycles. The van der Waals surface area contributed by atoms with Crippen LogP contribution in [-0.4, -0.2) is 18.4 Å². The molecule has 1 heterocycles. The molecule has 2 rings (SSSR count). The second kappa shape index (κ2) is 4.69. The normalized spacial score (nSPS) is 20.1. The van der Waals surface area contributed by atoms with E-state index in [2.05, 4.69) is 24.0 Å². The summed E-state index contributed by atoms with van der Waals surface area (Å²) in [5, 5.41) is 0. The number of anilines is 1. The van der Waals surface area contributed by atoms with Crippen LogP contribution in [0, 0.1) is 6.92 Å². The minimum atomic E-state index is 0.117. The Morgan fingerprint density at radius 1 is 1.44 bits per heavy atom. The highest BCUT2D eigenvalue weighted by Gasteiger charge is 2.29. The maximum Gasteiger partial charge on any atom is 0.154 e. The van der Waals surface area contributed by atoms with Gasteiger partial charge in [0, 0.05) is 18.7 Å². The van der Waals surface area contributed by atoms with Gasteiger partial charge in [-0.15, -0.1) is 0 Å². The van der Waals surface area contributed by atoms with E-state index in [0.29, 0.717) is 12.2 Å². The summed E-state index contributed by atoms with van der Waals surface area (Å²) in [4.78, 5) is 14.1. The third-order valence-electron chi connectivity index (χ3n) is 3.40. The average molecular weight is 217 g/mol. The third kappa shape index (κ3) is 1.97. The molecule has 1 aromatic carbocycles. The van der Waals surface area contributed by atoms with Crippen molar-refractivity contribution in [2.24, 2.45) is 0 Å². The molecule has 0 aliphatic carbocycles. The predicted molar refractivity (Wildman–Crippen MR) is 66.8 cm³/mol. The largest absolute Gasteiger partial charge is 0.361 e. The number of aryl methyl sites for hydroxylation is 1. The number of para-hydroxylation sites is 1. The Morgan fingerprint density at radius 2 is 2.19 bits per heavy atom. The second-order valence-electron chi connectivity index (χ2n) is 4.46. The molecule has 0 radical (unpaired) electrons. The van der Waals surface area contributed by atoms with Gasteiger partial charge in [0.05, 0.1) is 6.04 Å². The van der Waals surface area contributed by atoms with Gasteiger partial charge in [0.1, 0.15) is 0 Å². The van der Waals surface area contributed by atoms with Crippen molar-refractivity contribution in [3.63, 3.8) is 0 Å². The number of rotatable bonds is 3. The van der Waals surface area contributed by atoms with Crippen LogP contribution in [0.2, 0.25) is 0 Å². The van der Waals surface area contributed by atoms with E-state index in [4.69, 9.17) is 0 Å². The Balaban J connectivity index is 2.27. The van der Waals surface area contributed by atoms with Gasteiger partial charge in [-0.25, -0.2) is 0 Å². The summed E-state index contributed by atoms with van der Waals surface area (Å²) in [5.41, 5.74) is 2.49. The lowest BCUT2D eigenvalue weighted by atomic mass is 10.1. The van der Waals surface area contributed by atoms with Crippen molar-refractivity contribution in [3.05, 3.63) is 29.8 Å². The van der Waals surface area contributed by atoms with Crippen LogP contribution in [0.4, 0.5) is 5.69 Å². The predicted octanol–water partition coefficient (Wildman–Crippen LogP) is 2.94. The number of hydrogen-bond acceptors (Lipinski definition) is 2. The number of ketones is 1. The summed E-state index contributed by atoms with van der Waals surface area (Å²) >= 11 is 0. The Bertz CT molecular complexity index is 386. The quantitative estimate of drug-likeness (QED) is 0.776. The Hall–Kier alpha value is -1.31. The van der Waals surface area contributed by atoms with E-state index in [9.17, 15) is 4.79 Å². The van der Waals surface area contributed by atoms with Gasteiger partial charge in [0.2, 0.25) is 0 Å². The number of carbonyl (C=O) groups excluding carboxylic acids is 1. The van der Waals surface area contributed by atoms with Crippen molar-refractivity contribution in [1.82, 2.24) is 0 Å². The van der Waals surface area contributed by atoms with Gasteiger partial charge in [-0.1, -0.05) is 25.1 Å². The molecular formula is C14H19NO. The fourth-order valence-electron chi connectivity index (χ4n) is 2.51. The molecule has 2 heteroatoms. The third-order valence-corrected chi connectivity index (χ3v) is 3.40. The van der Waals surface area contributed by atoms with Crippen LogP contribution >= 0.6 is 0 Å². The molecule has 1 atom stereocenters. The van der Waals surface area contributed by atoms with Crippen LogP contribution in [-0.2, 0) is 4.79 Å². The summed E-state index contributed by atoms with van der Waals surface area (Å²) < 4.78 is 0. The maximum atomic E-state index is 11.9. The zero-order valence-electron chi connectivity index (χ0n) is 10.1. The number of hydrogen-bond donors (Lipinski definition) is 0. The molecule has 1 aromatic rings. The molecule has 1 fully saturated rings. The first-order chi connectivity index (χ1) is 7.74. The molecule has 2 nitrogen and oxygen atoms in total. The summed E-state index contributed by atoms with van der Waals surface area (Å²) in [6.45, 7) is 5.08. The van der Waals surface area contributed by atoms with Crippen LogP contribution in [0.15, 0.2) is 24.3 Å². The number of nitrogens with zero attached hydrogens (tertiary/aromatic N) is 1. The highest BCUT2D eigenvalue weighted by Crippen LogP contribution is 2.28. The standard InChI is InChI=1S/C14H19NO/c1-3-14(16)13-9-6-10-15(13)12-8-5-4-7-11(12)2/h4-5,7-8,13H,3,6,9-10H2,1-2H3. The van der Waals surface area contributed by atoms with E-state index in [1.165, 1.54) is 11.3 Å². The minimum Gasteiger partial charge on any atom is -0.361 e.